The van der Waals surface area contributed by atoms with Crippen LogP contribution in [-0.4, -0.2) is 124 Å². The highest BCUT2D eigenvalue weighted by Crippen LogP contribution is 2.54. The number of fused-ring (bicyclic) bond motifs is 3. The van der Waals surface area contributed by atoms with Crippen LogP contribution in [-0.2, 0) is 24.2 Å². The lowest BCUT2D eigenvalue weighted by Gasteiger charge is -2.57. The molecule has 1 amide bonds. The number of benzene rings is 3. The van der Waals surface area contributed by atoms with E-state index in [2.05, 4.69) is 75.6 Å². The molecule has 5 fully saturated rings. The minimum Gasteiger partial charge on any atom is -0.491 e. The molecule has 11 rings (SSSR count). The summed E-state index contributed by atoms with van der Waals surface area (Å²) in [6.07, 6.45) is 7.82. The highest BCUT2D eigenvalue weighted by molar-refractivity contribution is 7.90. The van der Waals surface area contributed by atoms with E-state index in [-0.39, 0.29) is 46.2 Å². The lowest BCUT2D eigenvalue weighted by molar-refractivity contribution is -0.384. The molecule has 4 saturated heterocycles. The first-order chi connectivity index (χ1) is 35.6. The van der Waals surface area contributed by atoms with Crippen molar-refractivity contribution in [2.75, 3.05) is 80.9 Å². The van der Waals surface area contributed by atoms with Crippen LogP contribution in [0.5, 0.6) is 11.6 Å². The number of pyridine rings is 1. The van der Waals surface area contributed by atoms with Gasteiger partial charge in [-0.1, -0.05) is 32.0 Å². The highest BCUT2D eigenvalue weighted by Gasteiger charge is 2.51. The molecular weight excluding hydrogens is 965 g/mol. The number of aromatic nitrogens is 2. The van der Waals surface area contributed by atoms with E-state index in [1.165, 1.54) is 17.7 Å². The number of carbonyl (C=O) groups excluding carboxylic acids is 1. The Morgan fingerprint density at radius 3 is 2.51 bits per heavy atom. The van der Waals surface area contributed by atoms with E-state index in [1.807, 2.05) is 36.5 Å². The van der Waals surface area contributed by atoms with E-state index in [4.69, 9.17) is 28.7 Å². The first-order valence-electron chi connectivity index (χ1n) is 26.3. The molecule has 3 aromatic carbocycles. The second-order valence-electron chi connectivity index (χ2n) is 22.3. The van der Waals surface area contributed by atoms with Crippen molar-refractivity contribution >= 4 is 55.4 Å². The molecule has 0 unspecified atom stereocenters. The van der Waals surface area contributed by atoms with Crippen molar-refractivity contribution in [3.63, 3.8) is 0 Å². The van der Waals surface area contributed by atoms with E-state index in [1.54, 1.807) is 6.07 Å². The van der Waals surface area contributed by atoms with E-state index in [0.717, 1.165) is 81.0 Å². The smallest absolute Gasteiger partial charge is 0.293 e. The first-order valence-corrected chi connectivity index (χ1v) is 27.8. The molecule has 18 nitrogen and oxygen atoms in total. The minimum absolute atomic E-state index is 0.0103. The number of nitrogens with zero attached hydrogens (tertiary/aromatic N) is 5. The number of piperidine rings is 1. The van der Waals surface area contributed by atoms with Gasteiger partial charge >= 0.3 is 0 Å². The SMILES string of the molecule is CC(C)Oc1ccccc1[C@@H]1COCC(C)(C)CN1C1CC2(CCN(c3ccc(C(=O)NS(=O)(=O)c4ccc(NCC5CCOCC5)c([N+](=O)[O-])c4)c(N4c5cc6cc[nH]c6nc5O[C@H]5COCC[C@@H]54)c3)CC2)C1. The van der Waals surface area contributed by atoms with Gasteiger partial charge in [0.15, 0.2) is 0 Å². The van der Waals surface area contributed by atoms with Gasteiger partial charge in [-0.15, -0.1) is 0 Å². The lowest BCUT2D eigenvalue weighted by Crippen LogP contribution is -2.57. The summed E-state index contributed by atoms with van der Waals surface area (Å²) in [5, 5.41) is 16.3. The zero-order valence-corrected chi connectivity index (χ0v) is 43.5. The second-order valence-corrected chi connectivity index (χ2v) is 24.0. The topological polar surface area (TPSA) is 203 Å². The van der Waals surface area contributed by atoms with Gasteiger partial charge in [0.05, 0.1) is 59.1 Å². The Morgan fingerprint density at radius 2 is 1.73 bits per heavy atom. The van der Waals surface area contributed by atoms with E-state index < -0.39 is 37.5 Å². The summed E-state index contributed by atoms with van der Waals surface area (Å²) < 4.78 is 61.3. The zero-order chi connectivity index (χ0) is 51.4. The summed E-state index contributed by atoms with van der Waals surface area (Å²) in [4.78, 5) is 41.3. The van der Waals surface area contributed by atoms with Crippen molar-refractivity contribution < 1.29 is 41.8 Å². The number of H-pyrrole nitrogens is 1. The minimum atomic E-state index is -4.61. The van der Waals surface area contributed by atoms with Gasteiger partial charge in [0.1, 0.15) is 28.9 Å². The molecule has 3 N–H and O–H groups in total. The highest BCUT2D eigenvalue weighted by atomic mass is 32.2. The predicted molar refractivity (Wildman–Crippen MR) is 281 cm³/mol. The summed E-state index contributed by atoms with van der Waals surface area (Å²) in [5.74, 6) is 0.673. The Hall–Kier alpha value is -5.99. The molecule has 74 heavy (non-hydrogen) atoms. The number of nitrogens with one attached hydrogen (secondary N) is 3. The standard InChI is InChI=1S/C55H68N8O10S/c1-35(2)72-49-8-6-5-7-41(49)48-31-71-34-54(3,4)33-61(48)39-28-55(29-39)17-20-60(21-18-55)38-9-11-42(45(26-38)62-44-16-24-70-32-50(44)73-53-47(62)25-37-13-19-56-51(37)58-53)52(64)59-74(67,68)40-10-12-43(46(27-40)63(65)66)57-30-36-14-22-69-23-15-36/h5-13,19,25-27,35-36,39,44,48,50,57H,14-18,20-24,28-34H2,1-4H3,(H,56,58)(H,59,64)/t44-,48-,50-/m0/s1. The molecular formula is C55H68N8O10S. The number of para-hydroxylation sites is 1. The van der Waals surface area contributed by atoms with E-state index >= 15 is 0 Å². The number of ether oxygens (including phenoxy) is 5. The van der Waals surface area contributed by atoms with Gasteiger partial charge in [-0.3, -0.25) is 19.8 Å². The maximum atomic E-state index is 14.7. The summed E-state index contributed by atoms with van der Waals surface area (Å²) in [6.45, 7) is 15.1. The molecule has 19 heteroatoms. The number of hydrogen-bond donors (Lipinski definition) is 3. The van der Waals surface area contributed by atoms with Crippen LogP contribution in [0.4, 0.5) is 28.4 Å². The molecule has 1 saturated carbocycles. The molecule has 3 atom stereocenters. The lowest BCUT2D eigenvalue weighted by atomic mass is 9.59. The van der Waals surface area contributed by atoms with Gasteiger partial charge in [0.25, 0.3) is 21.6 Å². The maximum Gasteiger partial charge on any atom is 0.293 e. The average molecular weight is 1030 g/mol. The Morgan fingerprint density at radius 1 is 0.946 bits per heavy atom. The fourth-order valence-electron chi connectivity index (χ4n) is 12.3. The molecule has 5 aliphatic heterocycles. The monoisotopic (exact) mass is 1030 g/mol. The molecule has 0 bridgehead atoms. The largest absolute Gasteiger partial charge is 0.491 e. The Bertz CT molecular complexity index is 3000. The van der Waals surface area contributed by atoms with Crippen LogP contribution >= 0.6 is 0 Å². The number of hydrogen-bond acceptors (Lipinski definition) is 15. The van der Waals surface area contributed by atoms with Gasteiger partial charge in [-0.05, 0) is 119 Å². The van der Waals surface area contributed by atoms with Crippen molar-refractivity contribution in [2.24, 2.45) is 16.7 Å². The predicted octanol–water partition coefficient (Wildman–Crippen LogP) is 8.75. The number of nitro groups is 1. The van der Waals surface area contributed by atoms with Gasteiger partial charge in [0.2, 0.25) is 5.88 Å². The Kier molecular flexibility index (Phi) is 13.7. The second kappa shape index (κ2) is 20.3. The van der Waals surface area contributed by atoms with Gasteiger partial charge in [-0.25, -0.2) is 13.1 Å². The van der Waals surface area contributed by atoms with Crippen LogP contribution < -0.4 is 29.3 Å². The van der Waals surface area contributed by atoms with Gasteiger partial charge in [-0.2, -0.15) is 4.98 Å². The maximum absolute atomic E-state index is 14.7. The number of aromatic amines is 1. The Labute approximate surface area is 432 Å². The van der Waals surface area contributed by atoms with Crippen LogP contribution in [0, 0.1) is 26.9 Å². The third-order valence-corrected chi connectivity index (χ3v) is 17.5. The number of amides is 1. The summed E-state index contributed by atoms with van der Waals surface area (Å²) in [7, 11) is -4.61. The van der Waals surface area contributed by atoms with Crippen molar-refractivity contribution in [1.82, 2.24) is 19.6 Å². The number of nitro benzene ring substituents is 1. The van der Waals surface area contributed by atoms with Crippen LogP contribution in [0.3, 0.4) is 0 Å². The van der Waals surface area contributed by atoms with E-state index in [0.29, 0.717) is 81.6 Å². The van der Waals surface area contributed by atoms with Crippen molar-refractivity contribution in [2.45, 2.75) is 108 Å². The molecule has 6 aliphatic rings. The molecule has 2 aromatic heterocycles. The number of anilines is 4. The van der Waals surface area contributed by atoms with Crippen LogP contribution in [0.1, 0.15) is 94.6 Å². The molecule has 1 aliphatic carbocycles. The molecule has 7 heterocycles. The molecule has 0 radical (unpaired) electrons. The van der Waals surface area contributed by atoms with E-state index in [9.17, 15) is 23.3 Å². The third-order valence-electron chi connectivity index (χ3n) is 16.1. The van der Waals surface area contributed by atoms with Crippen LogP contribution in [0.15, 0.2) is 83.9 Å². The van der Waals surface area contributed by atoms with Gasteiger partial charge in [0, 0.05) is 86.4 Å². The van der Waals surface area contributed by atoms with Crippen molar-refractivity contribution in [3.8, 4) is 11.6 Å². The van der Waals surface area contributed by atoms with Crippen molar-refractivity contribution in [1.29, 1.82) is 0 Å². The fourth-order valence-corrected chi connectivity index (χ4v) is 13.2. The number of carbonyl (C=O) groups is 1. The zero-order valence-electron chi connectivity index (χ0n) is 42.7. The summed E-state index contributed by atoms with van der Waals surface area (Å²) in [5.41, 5.74) is 3.96. The van der Waals surface area contributed by atoms with Crippen LogP contribution in [0.25, 0.3) is 11.0 Å². The number of sulfonamides is 1. The summed E-state index contributed by atoms with van der Waals surface area (Å²) in [6, 6.07) is 21.8. The van der Waals surface area contributed by atoms with Crippen LogP contribution in [0.2, 0.25) is 0 Å². The molecule has 5 aromatic rings. The third kappa shape index (κ3) is 10.1. The molecule has 1 spiro atoms. The normalized spacial score (nSPS) is 23.3. The molecule has 394 valence electrons. The van der Waals surface area contributed by atoms with Crippen molar-refractivity contribution in [3.05, 3.63) is 100 Å². The number of rotatable bonds is 13. The van der Waals surface area contributed by atoms with Gasteiger partial charge < -0.3 is 43.8 Å². The first kappa shape index (κ1) is 50.2. The summed E-state index contributed by atoms with van der Waals surface area (Å²) >= 11 is 0. The average Bonchev–Trinajstić information content (AvgIpc) is 3.77. The quantitative estimate of drug-likeness (QED) is 0.0746. The fraction of sp³-hybridized carbons (Fsp3) is 0.527. The Balaban J connectivity index is 0.874.